The lowest BCUT2D eigenvalue weighted by Gasteiger charge is -2.22. The molecular formula is C13H19NO4. The van der Waals surface area contributed by atoms with Crippen LogP contribution in [-0.4, -0.2) is 32.8 Å². The molecule has 0 saturated carbocycles. The topological polar surface area (TPSA) is 60.7 Å². The second-order valence-electron chi connectivity index (χ2n) is 4.45. The molecule has 0 unspecified atom stereocenters. The van der Waals surface area contributed by atoms with Gasteiger partial charge in [-0.2, -0.15) is 0 Å². The first-order valence-corrected chi connectivity index (χ1v) is 6.24. The van der Waals surface area contributed by atoms with Gasteiger partial charge in [0.25, 0.3) is 0 Å². The Balaban J connectivity index is 1.79. The molecule has 1 N–H and O–H groups in total. The van der Waals surface area contributed by atoms with Crippen molar-refractivity contribution in [3.05, 3.63) is 23.7 Å². The zero-order valence-corrected chi connectivity index (χ0v) is 10.6. The molecule has 5 heteroatoms. The summed E-state index contributed by atoms with van der Waals surface area (Å²) in [5.74, 6) is 0.520. The van der Waals surface area contributed by atoms with E-state index in [4.69, 9.17) is 9.15 Å². The minimum absolute atomic E-state index is 0.289. The Hall–Kier alpha value is -1.33. The van der Waals surface area contributed by atoms with Gasteiger partial charge in [0.1, 0.15) is 0 Å². The van der Waals surface area contributed by atoms with E-state index in [1.54, 1.807) is 6.07 Å². The summed E-state index contributed by atoms with van der Waals surface area (Å²) in [6, 6.07) is 1.79. The number of rotatable bonds is 5. The summed E-state index contributed by atoms with van der Waals surface area (Å²) in [5.41, 5.74) is 0.842. The van der Waals surface area contributed by atoms with Crippen molar-refractivity contribution in [3.63, 3.8) is 0 Å². The minimum atomic E-state index is -0.428. The lowest BCUT2D eigenvalue weighted by atomic mass is 10.0. The zero-order chi connectivity index (χ0) is 12.8. The van der Waals surface area contributed by atoms with Crippen molar-refractivity contribution < 1.29 is 18.7 Å². The van der Waals surface area contributed by atoms with Gasteiger partial charge >= 0.3 is 5.97 Å². The highest BCUT2D eigenvalue weighted by Crippen LogP contribution is 2.15. The third-order valence-corrected chi connectivity index (χ3v) is 3.21. The summed E-state index contributed by atoms with van der Waals surface area (Å²) in [7, 11) is 1.35. The highest BCUT2D eigenvalue weighted by atomic mass is 16.5. The number of carbonyl (C=O) groups is 1. The monoisotopic (exact) mass is 253 g/mol. The van der Waals surface area contributed by atoms with Crippen LogP contribution in [0.15, 0.2) is 16.7 Å². The lowest BCUT2D eigenvalue weighted by molar-refractivity contribution is 0.0563. The van der Waals surface area contributed by atoms with Crippen molar-refractivity contribution in [1.29, 1.82) is 0 Å². The Labute approximate surface area is 106 Å². The number of ether oxygens (including phenoxy) is 2. The van der Waals surface area contributed by atoms with Crippen molar-refractivity contribution in [2.75, 3.05) is 26.9 Å². The average molecular weight is 253 g/mol. The molecule has 0 spiro atoms. The van der Waals surface area contributed by atoms with E-state index in [-0.39, 0.29) is 5.76 Å². The predicted molar refractivity (Wildman–Crippen MR) is 65.3 cm³/mol. The van der Waals surface area contributed by atoms with E-state index >= 15 is 0 Å². The van der Waals surface area contributed by atoms with Gasteiger partial charge in [0.15, 0.2) is 0 Å². The molecule has 0 atom stereocenters. The van der Waals surface area contributed by atoms with Crippen molar-refractivity contribution >= 4 is 5.97 Å². The molecule has 0 amide bonds. The van der Waals surface area contributed by atoms with Crippen LogP contribution in [0.1, 0.15) is 29.0 Å². The van der Waals surface area contributed by atoms with Crippen LogP contribution < -0.4 is 5.32 Å². The maximum Gasteiger partial charge on any atom is 0.374 e. The van der Waals surface area contributed by atoms with Crippen molar-refractivity contribution in [2.24, 2.45) is 5.92 Å². The molecule has 5 nitrogen and oxygen atoms in total. The van der Waals surface area contributed by atoms with Gasteiger partial charge in [0.05, 0.1) is 13.4 Å². The molecule has 1 aromatic rings. The van der Waals surface area contributed by atoms with Gasteiger partial charge in [-0.3, -0.25) is 0 Å². The fourth-order valence-corrected chi connectivity index (χ4v) is 2.11. The zero-order valence-electron chi connectivity index (χ0n) is 10.6. The van der Waals surface area contributed by atoms with E-state index in [0.29, 0.717) is 12.5 Å². The Bertz CT molecular complexity index is 382. The first kappa shape index (κ1) is 13.1. The van der Waals surface area contributed by atoms with Crippen molar-refractivity contribution in [2.45, 2.75) is 19.4 Å². The van der Waals surface area contributed by atoms with Crippen LogP contribution >= 0.6 is 0 Å². The minimum Gasteiger partial charge on any atom is -0.463 e. The number of esters is 1. The Morgan fingerprint density at radius 1 is 1.50 bits per heavy atom. The molecule has 1 saturated heterocycles. The van der Waals surface area contributed by atoms with E-state index in [1.165, 1.54) is 13.4 Å². The van der Waals surface area contributed by atoms with Gasteiger partial charge in [0.2, 0.25) is 5.76 Å². The summed E-state index contributed by atoms with van der Waals surface area (Å²) in [6.45, 7) is 3.27. The Morgan fingerprint density at radius 2 is 2.28 bits per heavy atom. The molecule has 0 bridgehead atoms. The van der Waals surface area contributed by atoms with Crippen LogP contribution in [0.5, 0.6) is 0 Å². The van der Waals surface area contributed by atoms with Crippen LogP contribution in [0.25, 0.3) is 0 Å². The first-order valence-electron chi connectivity index (χ1n) is 6.24. The Morgan fingerprint density at radius 3 is 3.00 bits per heavy atom. The van der Waals surface area contributed by atoms with E-state index in [9.17, 15) is 4.79 Å². The van der Waals surface area contributed by atoms with E-state index in [1.807, 2.05) is 0 Å². The summed E-state index contributed by atoms with van der Waals surface area (Å²) < 4.78 is 15.1. The van der Waals surface area contributed by atoms with E-state index < -0.39 is 5.97 Å². The highest BCUT2D eigenvalue weighted by molar-refractivity contribution is 5.87. The smallest absolute Gasteiger partial charge is 0.374 e. The van der Waals surface area contributed by atoms with Gasteiger partial charge in [-0.05, 0) is 31.4 Å². The molecular weight excluding hydrogens is 234 g/mol. The fourth-order valence-electron chi connectivity index (χ4n) is 2.11. The quantitative estimate of drug-likeness (QED) is 0.807. The maximum atomic E-state index is 11.4. The molecule has 1 fully saturated rings. The van der Waals surface area contributed by atoms with Gasteiger partial charge in [-0.1, -0.05) is 0 Å². The largest absolute Gasteiger partial charge is 0.463 e. The second kappa shape index (κ2) is 6.56. The van der Waals surface area contributed by atoms with Gasteiger partial charge < -0.3 is 19.2 Å². The average Bonchev–Trinajstić information content (AvgIpc) is 2.87. The predicted octanol–water partition coefficient (Wildman–Crippen LogP) is 1.58. The van der Waals surface area contributed by atoms with Crippen LogP contribution in [0.4, 0.5) is 0 Å². The Kier molecular flexibility index (Phi) is 4.78. The molecule has 18 heavy (non-hydrogen) atoms. The number of hydrogen-bond donors (Lipinski definition) is 1. The highest BCUT2D eigenvalue weighted by Gasteiger charge is 2.17. The van der Waals surface area contributed by atoms with Crippen molar-refractivity contribution in [3.8, 4) is 0 Å². The third-order valence-electron chi connectivity index (χ3n) is 3.21. The van der Waals surface area contributed by atoms with Gasteiger partial charge in [0, 0.05) is 25.3 Å². The van der Waals surface area contributed by atoms with Crippen molar-refractivity contribution in [1.82, 2.24) is 5.32 Å². The van der Waals surface area contributed by atoms with Gasteiger partial charge in [-0.15, -0.1) is 0 Å². The van der Waals surface area contributed by atoms with Crippen LogP contribution in [0, 0.1) is 5.92 Å². The molecule has 2 heterocycles. The molecule has 0 aliphatic carbocycles. The molecule has 0 radical (unpaired) electrons. The second-order valence-corrected chi connectivity index (χ2v) is 4.45. The van der Waals surface area contributed by atoms with E-state index in [2.05, 4.69) is 10.1 Å². The molecule has 1 aliphatic heterocycles. The number of hydrogen-bond acceptors (Lipinski definition) is 5. The summed E-state index contributed by atoms with van der Waals surface area (Å²) >= 11 is 0. The SMILES string of the molecule is COC(=O)c1occc1CNCC1CCOCC1. The molecule has 0 aromatic carbocycles. The number of nitrogens with one attached hydrogen (secondary N) is 1. The summed E-state index contributed by atoms with van der Waals surface area (Å²) in [4.78, 5) is 11.4. The first-order chi connectivity index (χ1) is 8.81. The molecule has 1 aromatic heterocycles. The number of furan rings is 1. The molecule has 2 rings (SSSR count). The van der Waals surface area contributed by atoms with E-state index in [0.717, 1.165) is 38.2 Å². The maximum absolute atomic E-state index is 11.4. The standard InChI is InChI=1S/C13H19NO4/c1-16-13(15)12-11(4-7-18-12)9-14-8-10-2-5-17-6-3-10/h4,7,10,14H,2-3,5-6,8-9H2,1H3. The summed E-state index contributed by atoms with van der Waals surface area (Å²) in [5, 5.41) is 3.35. The molecule has 100 valence electrons. The number of methoxy groups -OCH3 is 1. The lowest BCUT2D eigenvalue weighted by Crippen LogP contribution is -2.27. The third kappa shape index (κ3) is 3.34. The van der Waals surface area contributed by atoms with Gasteiger partial charge in [-0.25, -0.2) is 4.79 Å². The molecule has 1 aliphatic rings. The van der Waals surface area contributed by atoms with Crippen LogP contribution in [-0.2, 0) is 16.0 Å². The van der Waals surface area contributed by atoms with Crippen LogP contribution in [0.3, 0.4) is 0 Å². The number of carbonyl (C=O) groups excluding carboxylic acids is 1. The normalized spacial score (nSPS) is 16.7. The summed E-state index contributed by atoms with van der Waals surface area (Å²) in [6.07, 6.45) is 3.71. The van der Waals surface area contributed by atoms with Crippen LogP contribution in [0.2, 0.25) is 0 Å². The fraction of sp³-hybridized carbons (Fsp3) is 0.615.